The third-order valence-electron chi connectivity index (χ3n) is 4.20. The normalized spacial score (nSPS) is 18.1. The van der Waals surface area contributed by atoms with Gasteiger partial charge in [-0.3, -0.25) is 9.69 Å². The van der Waals surface area contributed by atoms with Crippen molar-refractivity contribution in [2.75, 3.05) is 17.2 Å². The summed E-state index contributed by atoms with van der Waals surface area (Å²) in [6.07, 6.45) is 0.177. The van der Waals surface area contributed by atoms with Gasteiger partial charge in [0.25, 0.3) is 0 Å². The van der Waals surface area contributed by atoms with E-state index in [0.717, 1.165) is 0 Å². The Kier molecular flexibility index (Phi) is 4.26. The fraction of sp³-hybridized carbons (Fsp3) is 0.235. The van der Waals surface area contributed by atoms with Gasteiger partial charge in [0.1, 0.15) is 17.7 Å². The summed E-state index contributed by atoms with van der Waals surface area (Å²) in [5.74, 6) is -1.35. The second-order valence-electron chi connectivity index (χ2n) is 5.86. The van der Waals surface area contributed by atoms with E-state index in [-0.39, 0.29) is 6.54 Å². The van der Waals surface area contributed by atoms with Crippen LogP contribution in [-0.2, 0) is 9.53 Å². The van der Waals surface area contributed by atoms with Crippen molar-refractivity contribution in [1.29, 1.82) is 0 Å². The van der Waals surface area contributed by atoms with Crippen molar-refractivity contribution in [3.05, 3.63) is 42.3 Å². The molecule has 25 heavy (non-hydrogen) atoms. The Labute approximate surface area is 143 Å². The third-order valence-corrected chi connectivity index (χ3v) is 4.20. The van der Waals surface area contributed by atoms with Crippen molar-refractivity contribution in [3.8, 4) is 11.1 Å². The molecule has 1 aliphatic rings. The number of nitrogens with two attached hydrogens (primary N) is 2. The van der Waals surface area contributed by atoms with E-state index in [4.69, 9.17) is 16.2 Å². The first-order valence-corrected chi connectivity index (χ1v) is 7.65. The van der Waals surface area contributed by atoms with Crippen molar-refractivity contribution in [2.45, 2.75) is 13.0 Å². The van der Waals surface area contributed by atoms with Crippen molar-refractivity contribution in [1.82, 2.24) is 4.98 Å². The van der Waals surface area contributed by atoms with Crippen LogP contribution in [-0.4, -0.2) is 29.6 Å². The number of ether oxygens (including phenoxy) is 1. The van der Waals surface area contributed by atoms with E-state index in [0.29, 0.717) is 22.6 Å². The van der Waals surface area contributed by atoms with Crippen LogP contribution in [0, 0.1) is 11.7 Å². The molecule has 7 nitrogen and oxygen atoms in total. The first kappa shape index (κ1) is 16.7. The smallest absolute Gasteiger partial charge is 0.414 e. The fourth-order valence-corrected chi connectivity index (χ4v) is 2.61. The van der Waals surface area contributed by atoms with Crippen LogP contribution < -0.4 is 16.4 Å². The van der Waals surface area contributed by atoms with Gasteiger partial charge in [-0.1, -0.05) is 0 Å². The molecule has 2 amide bonds. The molecule has 0 spiro atoms. The molecule has 130 valence electrons. The standard InChI is InChI=1S/C17H17FN4O3/c1-9(16(20)23)14-8-22(17(24)25-14)11-3-4-12(13(18)6-11)10-2-5-15(19)21-7-10/h2-7,9,14H,8H2,1H3,(H2,19,21)(H2,20,23)/t9-,14?/m0/s1. The summed E-state index contributed by atoms with van der Waals surface area (Å²) in [4.78, 5) is 28.5. The molecule has 2 atom stereocenters. The highest BCUT2D eigenvalue weighted by atomic mass is 19.1. The van der Waals surface area contributed by atoms with Gasteiger partial charge in [-0.15, -0.1) is 0 Å². The van der Waals surface area contributed by atoms with Crippen LogP contribution in [0.1, 0.15) is 6.92 Å². The number of amides is 2. The van der Waals surface area contributed by atoms with Crippen LogP contribution >= 0.6 is 0 Å². The van der Waals surface area contributed by atoms with Gasteiger partial charge in [0.2, 0.25) is 5.91 Å². The largest absolute Gasteiger partial charge is 0.443 e. The number of pyridine rings is 1. The number of hydrogen-bond donors (Lipinski definition) is 2. The first-order valence-electron chi connectivity index (χ1n) is 7.65. The molecule has 1 aromatic carbocycles. The van der Waals surface area contributed by atoms with Crippen molar-refractivity contribution in [3.63, 3.8) is 0 Å². The van der Waals surface area contributed by atoms with Gasteiger partial charge in [-0.2, -0.15) is 0 Å². The summed E-state index contributed by atoms with van der Waals surface area (Å²) in [7, 11) is 0. The molecule has 8 heteroatoms. The Balaban J connectivity index is 1.84. The lowest BCUT2D eigenvalue weighted by Gasteiger charge is -2.15. The van der Waals surface area contributed by atoms with E-state index < -0.39 is 29.8 Å². The number of cyclic esters (lactones) is 1. The van der Waals surface area contributed by atoms with E-state index >= 15 is 0 Å². The van der Waals surface area contributed by atoms with Crippen LogP contribution in [0.4, 0.5) is 20.7 Å². The zero-order valence-electron chi connectivity index (χ0n) is 13.5. The van der Waals surface area contributed by atoms with Crippen LogP contribution in [0.3, 0.4) is 0 Å². The highest BCUT2D eigenvalue weighted by molar-refractivity contribution is 5.91. The second kappa shape index (κ2) is 6.39. The summed E-state index contributed by atoms with van der Waals surface area (Å²) >= 11 is 0. The molecule has 2 heterocycles. The summed E-state index contributed by atoms with van der Waals surface area (Å²) < 4.78 is 19.6. The lowest BCUT2D eigenvalue weighted by Crippen LogP contribution is -2.34. The van der Waals surface area contributed by atoms with Gasteiger partial charge in [-0.25, -0.2) is 14.2 Å². The average Bonchev–Trinajstić information content (AvgIpc) is 2.96. The maximum absolute atomic E-state index is 14.5. The number of primary amides is 1. The zero-order valence-corrected chi connectivity index (χ0v) is 13.5. The van der Waals surface area contributed by atoms with E-state index in [9.17, 15) is 14.0 Å². The van der Waals surface area contributed by atoms with Crippen molar-refractivity contribution < 1.29 is 18.7 Å². The highest BCUT2D eigenvalue weighted by Crippen LogP contribution is 2.30. The predicted octanol–water partition coefficient (Wildman–Crippen LogP) is 1.92. The second-order valence-corrected chi connectivity index (χ2v) is 5.86. The lowest BCUT2D eigenvalue weighted by atomic mass is 10.0. The quantitative estimate of drug-likeness (QED) is 0.880. The molecule has 0 aliphatic carbocycles. The van der Waals surface area contributed by atoms with Gasteiger partial charge in [-0.05, 0) is 37.3 Å². The van der Waals surface area contributed by atoms with Gasteiger partial charge >= 0.3 is 6.09 Å². The molecule has 1 saturated heterocycles. The number of carbonyl (C=O) groups is 2. The van der Waals surface area contributed by atoms with E-state index in [1.54, 1.807) is 31.2 Å². The van der Waals surface area contributed by atoms with E-state index in [1.165, 1.54) is 17.2 Å². The number of benzene rings is 1. The highest BCUT2D eigenvalue weighted by Gasteiger charge is 2.37. The van der Waals surface area contributed by atoms with Gasteiger partial charge in [0.05, 0.1) is 18.2 Å². The first-order chi connectivity index (χ1) is 11.9. The molecule has 3 rings (SSSR count). The van der Waals surface area contributed by atoms with Gasteiger partial charge in [0, 0.05) is 17.3 Å². The summed E-state index contributed by atoms with van der Waals surface area (Å²) in [6.45, 7) is 1.72. The van der Waals surface area contributed by atoms with Gasteiger partial charge < -0.3 is 16.2 Å². The van der Waals surface area contributed by atoms with Crippen LogP contribution in [0.5, 0.6) is 0 Å². The zero-order chi connectivity index (χ0) is 18.1. The number of hydrogen-bond acceptors (Lipinski definition) is 5. The molecule has 1 fully saturated rings. The lowest BCUT2D eigenvalue weighted by molar-refractivity contribution is -0.123. The monoisotopic (exact) mass is 344 g/mol. The van der Waals surface area contributed by atoms with E-state index in [2.05, 4.69) is 4.98 Å². The SMILES string of the molecule is C[C@H](C(N)=O)C1CN(c2ccc(-c3ccc(N)nc3)c(F)c2)C(=O)O1. The van der Waals surface area contributed by atoms with Crippen LogP contribution in [0.2, 0.25) is 0 Å². The molecule has 0 saturated carbocycles. The minimum atomic E-state index is -0.658. The Morgan fingerprint density at radius 1 is 1.40 bits per heavy atom. The Morgan fingerprint density at radius 2 is 2.16 bits per heavy atom. The summed E-state index contributed by atoms with van der Waals surface area (Å²) in [5.41, 5.74) is 12.0. The third kappa shape index (κ3) is 3.23. The Morgan fingerprint density at radius 3 is 2.76 bits per heavy atom. The topological polar surface area (TPSA) is 112 Å². The number of halogens is 1. The molecule has 1 aromatic heterocycles. The van der Waals surface area contributed by atoms with Crippen LogP contribution in [0.25, 0.3) is 11.1 Å². The summed E-state index contributed by atoms with van der Waals surface area (Å²) in [5, 5.41) is 0. The molecular weight excluding hydrogens is 327 g/mol. The Bertz CT molecular complexity index is 825. The fourth-order valence-electron chi connectivity index (χ4n) is 2.61. The van der Waals surface area contributed by atoms with Crippen LogP contribution in [0.15, 0.2) is 36.5 Å². The number of rotatable bonds is 4. The number of carbonyl (C=O) groups excluding carboxylic acids is 2. The molecule has 1 unspecified atom stereocenters. The number of anilines is 2. The van der Waals surface area contributed by atoms with Gasteiger partial charge in [0.15, 0.2) is 0 Å². The molecule has 2 aromatic rings. The maximum Gasteiger partial charge on any atom is 0.414 e. The van der Waals surface area contributed by atoms with Crippen molar-refractivity contribution >= 4 is 23.5 Å². The molecule has 1 aliphatic heterocycles. The average molecular weight is 344 g/mol. The molecule has 0 radical (unpaired) electrons. The minimum absolute atomic E-state index is 0.130. The maximum atomic E-state index is 14.5. The molecule has 0 bridgehead atoms. The number of aromatic nitrogens is 1. The summed E-state index contributed by atoms with van der Waals surface area (Å²) in [6, 6.07) is 7.64. The number of nitrogens with zero attached hydrogens (tertiary/aromatic N) is 2. The van der Waals surface area contributed by atoms with Crippen molar-refractivity contribution in [2.24, 2.45) is 11.7 Å². The predicted molar refractivity (Wildman–Crippen MR) is 90.0 cm³/mol. The Hall–Kier alpha value is -3.16. The molecular formula is C17H17FN4O3. The van der Waals surface area contributed by atoms with E-state index in [1.807, 2.05) is 0 Å². The number of nitrogen functional groups attached to an aromatic ring is 1. The molecule has 4 N–H and O–H groups in total. The minimum Gasteiger partial charge on any atom is -0.443 e.